The normalized spacial score (nSPS) is 14.2. The fourth-order valence-corrected chi connectivity index (χ4v) is 3.18. The number of amides is 2. The van der Waals surface area contributed by atoms with Gasteiger partial charge in [0.1, 0.15) is 5.82 Å². The number of hydrogen-bond donors (Lipinski definition) is 0. The van der Waals surface area contributed by atoms with Crippen LogP contribution in [-0.4, -0.2) is 54.4 Å². The third kappa shape index (κ3) is 3.85. The first-order chi connectivity index (χ1) is 12.6. The van der Waals surface area contributed by atoms with Gasteiger partial charge in [-0.2, -0.15) is 0 Å². The second-order valence-corrected chi connectivity index (χ2v) is 6.28. The summed E-state index contributed by atoms with van der Waals surface area (Å²) in [6, 6.07) is 13.3. The Morgan fingerprint density at radius 1 is 1.08 bits per heavy atom. The van der Waals surface area contributed by atoms with E-state index in [1.54, 1.807) is 24.1 Å². The topological polar surface area (TPSA) is 56.8 Å². The molecule has 0 spiro atoms. The molecule has 1 saturated heterocycles. The van der Waals surface area contributed by atoms with E-state index in [4.69, 9.17) is 0 Å². The van der Waals surface area contributed by atoms with Crippen LogP contribution in [0, 0.1) is 0 Å². The van der Waals surface area contributed by atoms with Gasteiger partial charge in [0, 0.05) is 57.1 Å². The molecule has 2 heterocycles. The summed E-state index contributed by atoms with van der Waals surface area (Å²) in [5.74, 6) is 0.843. The van der Waals surface area contributed by atoms with Crippen molar-refractivity contribution in [3.63, 3.8) is 0 Å². The van der Waals surface area contributed by atoms with Crippen LogP contribution >= 0.6 is 0 Å². The van der Waals surface area contributed by atoms with Crippen LogP contribution in [0.4, 0.5) is 11.5 Å². The molecule has 1 aromatic heterocycles. The molecule has 6 nitrogen and oxygen atoms in total. The third-order valence-electron chi connectivity index (χ3n) is 4.67. The maximum atomic E-state index is 13.0. The van der Waals surface area contributed by atoms with Gasteiger partial charge in [-0.25, -0.2) is 4.98 Å². The fraction of sp³-hybridized carbons (Fsp3) is 0.350. The summed E-state index contributed by atoms with van der Waals surface area (Å²) in [6.45, 7) is 6.96. The highest BCUT2D eigenvalue weighted by molar-refractivity contribution is 6.06. The predicted molar refractivity (Wildman–Crippen MR) is 102 cm³/mol. The Morgan fingerprint density at radius 2 is 1.77 bits per heavy atom. The zero-order valence-corrected chi connectivity index (χ0v) is 15.3. The Morgan fingerprint density at radius 3 is 2.38 bits per heavy atom. The number of pyridine rings is 1. The first kappa shape index (κ1) is 17.9. The smallest absolute Gasteiger partial charge is 0.258 e. The summed E-state index contributed by atoms with van der Waals surface area (Å²) in [4.78, 5) is 34.6. The highest BCUT2D eigenvalue weighted by atomic mass is 16.2. The van der Waals surface area contributed by atoms with Crippen LogP contribution in [0.2, 0.25) is 0 Å². The number of aromatic nitrogens is 1. The number of rotatable bonds is 4. The Labute approximate surface area is 154 Å². The molecular formula is C20H24N4O2. The quantitative estimate of drug-likeness (QED) is 0.848. The fourth-order valence-electron chi connectivity index (χ4n) is 3.18. The number of carbonyl (C=O) groups is 2. The lowest BCUT2D eigenvalue weighted by atomic mass is 10.2. The van der Waals surface area contributed by atoms with Gasteiger partial charge >= 0.3 is 0 Å². The molecule has 1 aliphatic heterocycles. The summed E-state index contributed by atoms with van der Waals surface area (Å²) in [5.41, 5.74) is 1.50. The van der Waals surface area contributed by atoms with Crippen molar-refractivity contribution >= 4 is 23.3 Å². The van der Waals surface area contributed by atoms with Crippen LogP contribution in [-0.2, 0) is 4.79 Å². The second kappa shape index (κ2) is 7.99. The minimum atomic E-state index is -0.0373. The molecule has 1 aliphatic rings. The summed E-state index contributed by atoms with van der Waals surface area (Å²) in [7, 11) is 0. The lowest BCUT2D eigenvalue weighted by Crippen LogP contribution is -2.48. The van der Waals surface area contributed by atoms with E-state index < -0.39 is 0 Å². The molecule has 2 aromatic rings. The Hall–Kier alpha value is -2.89. The van der Waals surface area contributed by atoms with Crippen LogP contribution in [0.15, 0.2) is 48.7 Å². The number of hydrogen-bond acceptors (Lipinski definition) is 4. The van der Waals surface area contributed by atoms with Crippen molar-refractivity contribution in [1.29, 1.82) is 0 Å². The van der Waals surface area contributed by atoms with Gasteiger partial charge in [-0.3, -0.25) is 9.59 Å². The molecule has 0 aliphatic carbocycles. The number of benzene rings is 1. The highest BCUT2D eigenvalue weighted by Crippen LogP contribution is 2.20. The molecule has 2 amide bonds. The number of para-hydroxylation sites is 1. The van der Waals surface area contributed by atoms with E-state index in [2.05, 4.69) is 9.88 Å². The van der Waals surface area contributed by atoms with E-state index >= 15 is 0 Å². The van der Waals surface area contributed by atoms with Crippen molar-refractivity contribution in [3.05, 3.63) is 54.2 Å². The monoisotopic (exact) mass is 352 g/mol. The number of nitrogens with zero attached hydrogens (tertiary/aromatic N) is 4. The van der Waals surface area contributed by atoms with Crippen LogP contribution in [0.25, 0.3) is 0 Å². The number of anilines is 2. The molecule has 0 bridgehead atoms. The molecule has 0 N–H and O–H groups in total. The Bertz CT molecular complexity index is 770. The molecule has 1 aromatic carbocycles. The minimum absolute atomic E-state index is 0.0373. The maximum absolute atomic E-state index is 13.0. The molecule has 26 heavy (non-hydrogen) atoms. The first-order valence-electron chi connectivity index (χ1n) is 8.93. The minimum Gasteiger partial charge on any atom is -0.353 e. The van der Waals surface area contributed by atoms with Crippen molar-refractivity contribution in [2.45, 2.75) is 13.8 Å². The van der Waals surface area contributed by atoms with E-state index in [1.807, 2.05) is 48.2 Å². The van der Waals surface area contributed by atoms with Gasteiger partial charge in [0.25, 0.3) is 5.91 Å². The molecule has 0 saturated carbocycles. The Balaban J connectivity index is 1.77. The lowest BCUT2D eigenvalue weighted by Gasteiger charge is -2.35. The van der Waals surface area contributed by atoms with Crippen molar-refractivity contribution in [1.82, 2.24) is 9.88 Å². The maximum Gasteiger partial charge on any atom is 0.258 e. The average molecular weight is 352 g/mol. The number of piperazine rings is 1. The molecular weight excluding hydrogens is 328 g/mol. The summed E-state index contributed by atoms with van der Waals surface area (Å²) in [5, 5.41) is 0. The second-order valence-electron chi connectivity index (χ2n) is 6.28. The van der Waals surface area contributed by atoms with E-state index in [-0.39, 0.29) is 11.8 Å². The summed E-state index contributed by atoms with van der Waals surface area (Å²) >= 11 is 0. The van der Waals surface area contributed by atoms with Gasteiger partial charge in [0.15, 0.2) is 0 Å². The first-order valence-corrected chi connectivity index (χ1v) is 8.93. The van der Waals surface area contributed by atoms with Gasteiger partial charge in [-0.05, 0) is 31.2 Å². The van der Waals surface area contributed by atoms with Gasteiger partial charge in [0.05, 0.1) is 0 Å². The van der Waals surface area contributed by atoms with Crippen molar-refractivity contribution < 1.29 is 9.59 Å². The van der Waals surface area contributed by atoms with E-state index in [1.165, 1.54) is 0 Å². The van der Waals surface area contributed by atoms with Crippen LogP contribution in [0.1, 0.15) is 24.2 Å². The van der Waals surface area contributed by atoms with Crippen molar-refractivity contribution in [2.24, 2.45) is 0 Å². The molecule has 6 heteroatoms. The standard InChI is InChI=1S/C20H24N4O2/c1-3-24(18-7-5-4-6-8-18)20(26)17-9-10-21-19(15-17)23-13-11-22(12-14-23)16(2)25/h4-10,15H,3,11-14H2,1-2H3. The zero-order valence-electron chi connectivity index (χ0n) is 15.3. The third-order valence-corrected chi connectivity index (χ3v) is 4.67. The number of carbonyl (C=O) groups excluding carboxylic acids is 2. The van der Waals surface area contributed by atoms with Gasteiger partial charge in [-0.15, -0.1) is 0 Å². The molecule has 3 rings (SSSR count). The van der Waals surface area contributed by atoms with E-state index in [9.17, 15) is 9.59 Å². The van der Waals surface area contributed by atoms with Crippen molar-refractivity contribution in [3.8, 4) is 0 Å². The molecule has 0 radical (unpaired) electrons. The van der Waals surface area contributed by atoms with E-state index in [0.717, 1.165) is 24.6 Å². The predicted octanol–water partition coefficient (Wildman–Crippen LogP) is 2.42. The zero-order chi connectivity index (χ0) is 18.5. The molecule has 1 fully saturated rings. The van der Waals surface area contributed by atoms with Gasteiger partial charge in [-0.1, -0.05) is 18.2 Å². The Kier molecular flexibility index (Phi) is 5.51. The van der Waals surface area contributed by atoms with Crippen LogP contribution in [0.3, 0.4) is 0 Å². The van der Waals surface area contributed by atoms with Crippen LogP contribution < -0.4 is 9.80 Å². The van der Waals surface area contributed by atoms with Crippen LogP contribution in [0.5, 0.6) is 0 Å². The molecule has 0 unspecified atom stereocenters. The molecule has 0 atom stereocenters. The molecule has 136 valence electrons. The van der Waals surface area contributed by atoms with E-state index in [0.29, 0.717) is 25.2 Å². The van der Waals surface area contributed by atoms with Gasteiger partial charge in [0.2, 0.25) is 5.91 Å². The highest BCUT2D eigenvalue weighted by Gasteiger charge is 2.21. The summed E-state index contributed by atoms with van der Waals surface area (Å²) in [6.07, 6.45) is 1.68. The largest absolute Gasteiger partial charge is 0.353 e. The van der Waals surface area contributed by atoms with Crippen molar-refractivity contribution in [2.75, 3.05) is 42.5 Å². The van der Waals surface area contributed by atoms with Gasteiger partial charge < -0.3 is 14.7 Å². The SMILES string of the molecule is CCN(C(=O)c1ccnc(N2CCN(C(C)=O)CC2)c1)c1ccccc1. The summed E-state index contributed by atoms with van der Waals surface area (Å²) < 4.78 is 0. The lowest BCUT2D eigenvalue weighted by molar-refractivity contribution is -0.129. The average Bonchev–Trinajstić information content (AvgIpc) is 2.69.